The molecule has 0 bridgehead atoms. The first kappa shape index (κ1) is 14.4. The van der Waals surface area contributed by atoms with Gasteiger partial charge in [0.1, 0.15) is 4.88 Å². The van der Waals surface area contributed by atoms with Crippen LogP contribution >= 0.6 is 23.6 Å². The molecule has 104 valence electrons. The van der Waals surface area contributed by atoms with Crippen LogP contribution < -0.4 is 11.1 Å². The van der Waals surface area contributed by atoms with Crippen LogP contribution in [0.15, 0.2) is 6.20 Å². The van der Waals surface area contributed by atoms with Crippen molar-refractivity contribution in [1.82, 2.24) is 15.2 Å². The Hall–Kier alpha value is -1.05. The number of thiocarbonyl (C=S) groups is 1. The van der Waals surface area contributed by atoms with Crippen LogP contribution in [0.5, 0.6) is 0 Å². The lowest BCUT2D eigenvalue weighted by atomic mass is 9.87. The number of rotatable bonds is 3. The van der Waals surface area contributed by atoms with E-state index >= 15 is 0 Å². The Morgan fingerprint density at radius 1 is 1.58 bits per heavy atom. The number of aryl methyl sites for hydroxylation is 1. The number of carbonyl (C=O) groups is 1. The van der Waals surface area contributed by atoms with Crippen LogP contribution in [0.2, 0.25) is 0 Å². The summed E-state index contributed by atoms with van der Waals surface area (Å²) in [7, 11) is 2.05. The van der Waals surface area contributed by atoms with Crippen molar-refractivity contribution in [2.45, 2.75) is 25.3 Å². The highest BCUT2D eigenvalue weighted by molar-refractivity contribution is 7.80. The minimum atomic E-state index is -0.559. The molecule has 1 aromatic rings. The van der Waals surface area contributed by atoms with Crippen molar-refractivity contribution in [3.05, 3.63) is 16.1 Å². The molecule has 2 rings (SSSR count). The van der Waals surface area contributed by atoms with Crippen molar-refractivity contribution < 1.29 is 4.79 Å². The number of amides is 1. The van der Waals surface area contributed by atoms with Crippen molar-refractivity contribution >= 4 is 34.5 Å². The molecule has 0 radical (unpaired) electrons. The van der Waals surface area contributed by atoms with Gasteiger partial charge < -0.3 is 16.0 Å². The average molecular weight is 298 g/mol. The van der Waals surface area contributed by atoms with Gasteiger partial charge in [0.15, 0.2) is 0 Å². The van der Waals surface area contributed by atoms with E-state index < -0.39 is 5.54 Å². The minimum absolute atomic E-state index is 0.136. The largest absolute Gasteiger partial charge is 0.391 e. The summed E-state index contributed by atoms with van der Waals surface area (Å²) in [6.07, 6.45) is 3.10. The third-order valence-electron chi connectivity index (χ3n) is 3.51. The van der Waals surface area contributed by atoms with Crippen LogP contribution in [0.3, 0.4) is 0 Å². The molecule has 2 heterocycles. The predicted molar refractivity (Wildman–Crippen MR) is 80.6 cm³/mol. The van der Waals surface area contributed by atoms with E-state index in [0.717, 1.165) is 30.9 Å². The van der Waals surface area contributed by atoms with E-state index in [1.807, 2.05) is 6.92 Å². The van der Waals surface area contributed by atoms with Crippen LogP contribution in [-0.4, -0.2) is 46.5 Å². The third-order valence-corrected chi connectivity index (χ3v) is 4.81. The molecule has 0 saturated carbocycles. The molecule has 1 saturated heterocycles. The van der Waals surface area contributed by atoms with Gasteiger partial charge in [0.25, 0.3) is 5.91 Å². The maximum atomic E-state index is 12.2. The van der Waals surface area contributed by atoms with E-state index in [4.69, 9.17) is 18.0 Å². The summed E-state index contributed by atoms with van der Waals surface area (Å²) in [4.78, 5) is 19.5. The van der Waals surface area contributed by atoms with Gasteiger partial charge in [-0.1, -0.05) is 12.2 Å². The molecular weight excluding hydrogens is 280 g/mol. The number of hydrogen-bond donors (Lipinski definition) is 2. The second kappa shape index (κ2) is 5.52. The number of nitrogens with one attached hydrogen (secondary N) is 1. The monoisotopic (exact) mass is 298 g/mol. The molecular formula is C12H18N4OS2. The molecule has 0 aromatic carbocycles. The first-order valence-corrected chi connectivity index (χ1v) is 7.39. The van der Waals surface area contributed by atoms with E-state index in [1.54, 1.807) is 6.20 Å². The van der Waals surface area contributed by atoms with Crippen molar-refractivity contribution in [2.75, 3.05) is 20.1 Å². The Bertz CT molecular complexity index is 492. The number of piperidine rings is 1. The predicted octanol–water partition coefficient (Wildman–Crippen LogP) is 0.932. The van der Waals surface area contributed by atoms with Gasteiger partial charge in [0, 0.05) is 13.1 Å². The fraction of sp³-hybridized carbons (Fsp3) is 0.583. The Balaban J connectivity index is 2.13. The minimum Gasteiger partial charge on any atom is -0.391 e. The lowest BCUT2D eigenvalue weighted by Crippen LogP contribution is -2.61. The second-order valence-corrected chi connectivity index (χ2v) is 6.62. The fourth-order valence-electron chi connectivity index (χ4n) is 2.18. The SMILES string of the molecule is Cc1ncc(C(=O)NC2(C(N)=S)CCN(C)CC2)s1. The average Bonchev–Trinajstić information content (AvgIpc) is 2.79. The summed E-state index contributed by atoms with van der Waals surface area (Å²) in [6, 6.07) is 0. The molecule has 5 nitrogen and oxygen atoms in total. The zero-order valence-corrected chi connectivity index (χ0v) is 12.7. The molecule has 1 fully saturated rings. The molecule has 7 heteroatoms. The number of hydrogen-bond acceptors (Lipinski definition) is 5. The smallest absolute Gasteiger partial charge is 0.263 e. The molecule has 0 unspecified atom stereocenters. The van der Waals surface area contributed by atoms with Gasteiger partial charge in [0.05, 0.1) is 21.7 Å². The standard InChI is InChI=1S/C12H18N4OS2/c1-8-14-7-9(19-8)10(17)15-12(11(13)18)3-5-16(2)6-4-12/h7H,3-6H2,1-2H3,(H2,13,18)(H,15,17). The first-order chi connectivity index (χ1) is 8.93. The summed E-state index contributed by atoms with van der Waals surface area (Å²) < 4.78 is 0. The van der Waals surface area contributed by atoms with Crippen LogP contribution in [-0.2, 0) is 0 Å². The number of nitrogens with two attached hydrogens (primary N) is 1. The lowest BCUT2D eigenvalue weighted by molar-refractivity contribution is 0.0894. The van der Waals surface area contributed by atoms with Gasteiger partial charge in [-0.15, -0.1) is 11.3 Å². The lowest BCUT2D eigenvalue weighted by Gasteiger charge is -2.40. The van der Waals surface area contributed by atoms with Gasteiger partial charge in [-0.25, -0.2) is 4.98 Å². The summed E-state index contributed by atoms with van der Waals surface area (Å²) >= 11 is 6.55. The van der Waals surface area contributed by atoms with Gasteiger partial charge in [-0.3, -0.25) is 4.79 Å². The molecule has 1 amide bonds. The van der Waals surface area contributed by atoms with Crippen molar-refractivity contribution in [1.29, 1.82) is 0 Å². The molecule has 3 N–H and O–H groups in total. The van der Waals surface area contributed by atoms with Crippen LogP contribution in [0.4, 0.5) is 0 Å². The topological polar surface area (TPSA) is 71.2 Å². The second-order valence-electron chi connectivity index (χ2n) is 4.95. The Morgan fingerprint density at radius 3 is 2.68 bits per heavy atom. The van der Waals surface area contributed by atoms with Crippen LogP contribution in [0.25, 0.3) is 0 Å². The summed E-state index contributed by atoms with van der Waals surface area (Å²) in [5.74, 6) is -0.136. The summed E-state index contributed by atoms with van der Waals surface area (Å²) in [6.45, 7) is 3.62. The maximum Gasteiger partial charge on any atom is 0.263 e. The molecule has 1 aromatic heterocycles. The number of nitrogens with zero attached hydrogens (tertiary/aromatic N) is 2. The van der Waals surface area contributed by atoms with Crippen molar-refractivity contribution in [3.8, 4) is 0 Å². The highest BCUT2D eigenvalue weighted by atomic mass is 32.1. The summed E-state index contributed by atoms with van der Waals surface area (Å²) in [5, 5.41) is 3.89. The summed E-state index contributed by atoms with van der Waals surface area (Å²) in [5.41, 5.74) is 5.31. The van der Waals surface area contributed by atoms with Gasteiger partial charge in [-0.05, 0) is 26.8 Å². The van der Waals surface area contributed by atoms with E-state index in [2.05, 4.69) is 22.2 Å². The molecule has 0 spiro atoms. The van der Waals surface area contributed by atoms with Crippen LogP contribution in [0, 0.1) is 6.92 Å². The molecule has 0 atom stereocenters. The molecule has 1 aliphatic rings. The Morgan fingerprint density at radius 2 is 2.21 bits per heavy atom. The maximum absolute atomic E-state index is 12.2. The molecule has 19 heavy (non-hydrogen) atoms. The van der Waals surface area contributed by atoms with Gasteiger partial charge in [0.2, 0.25) is 0 Å². The third kappa shape index (κ3) is 3.10. The molecule has 1 aliphatic heterocycles. The first-order valence-electron chi connectivity index (χ1n) is 6.16. The van der Waals surface area contributed by atoms with Gasteiger partial charge >= 0.3 is 0 Å². The van der Waals surface area contributed by atoms with Crippen molar-refractivity contribution in [3.63, 3.8) is 0 Å². The number of likely N-dealkylation sites (tertiary alicyclic amines) is 1. The quantitative estimate of drug-likeness (QED) is 0.812. The number of carbonyl (C=O) groups excluding carboxylic acids is 1. The highest BCUT2D eigenvalue weighted by Crippen LogP contribution is 2.23. The Kier molecular flexibility index (Phi) is 4.17. The van der Waals surface area contributed by atoms with E-state index in [9.17, 15) is 4.79 Å². The fourth-order valence-corrected chi connectivity index (χ4v) is 3.11. The van der Waals surface area contributed by atoms with Crippen LogP contribution in [0.1, 0.15) is 27.5 Å². The van der Waals surface area contributed by atoms with Crippen molar-refractivity contribution in [2.24, 2.45) is 5.73 Å². The zero-order chi connectivity index (χ0) is 14.0. The number of thiazole rings is 1. The van der Waals surface area contributed by atoms with E-state index in [-0.39, 0.29) is 5.91 Å². The molecule has 0 aliphatic carbocycles. The normalized spacial score (nSPS) is 19.1. The van der Waals surface area contributed by atoms with E-state index in [0.29, 0.717) is 9.87 Å². The van der Waals surface area contributed by atoms with Gasteiger partial charge in [-0.2, -0.15) is 0 Å². The Labute approximate surface area is 122 Å². The number of aromatic nitrogens is 1. The van der Waals surface area contributed by atoms with E-state index in [1.165, 1.54) is 11.3 Å². The zero-order valence-electron chi connectivity index (χ0n) is 11.1. The highest BCUT2D eigenvalue weighted by Gasteiger charge is 2.38.